The fraction of sp³-hybridized carbons (Fsp3) is 0.438. The summed E-state index contributed by atoms with van der Waals surface area (Å²) in [6.45, 7) is 4.46. The standard InChI is InChI=1S/C16H23N3/c1-3-4-6-9-14(2)18-16-17-12-13-19(16)15-10-7-5-8-11-15/h5,7-8,10-14H,3-4,6,9H2,1-2H3,(H,17,18). The smallest absolute Gasteiger partial charge is 0.207 e. The van der Waals surface area contributed by atoms with Crippen LogP contribution in [0.2, 0.25) is 0 Å². The van der Waals surface area contributed by atoms with Crippen molar-refractivity contribution in [3.63, 3.8) is 0 Å². The van der Waals surface area contributed by atoms with E-state index < -0.39 is 0 Å². The Hall–Kier alpha value is -1.77. The van der Waals surface area contributed by atoms with Crippen LogP contribution in [0.25, 0.3) is 5.69 Å². The Morgan fingerprint density at radius 3 is 2.74 bits per heavy atom. The van der Waals surface area contributed by atoms with Crippen molar-refractivity contribution < 1.29 is 0 Å². The van der Waals surface area contributed by atoms with Crippen molar-refractivity contribution in [2.45, 2.75) is 45.6 Å². The molecule has 0 radical (unpaired) electrons. The first kappa shape index (κ1) is 13.7. The minimum absolute atomic E-state index is 0.455. The molecule has 0 saturated heterocycles. The zero-order valence-corrected chi connectivity index (χ0v) is 11.8. The van der Waals surface area contributed by atoms with E-state index in [1.165, 1.54) is 25.7 Å². The Morgan fingerprint density at radius 1 is 1.21 bits per heavy atom. The number of unbranched alkanes of at least 4 members (excludes halogenated alkanes) is 2. The number of anilines is 1. The minimum Gasteiger partial charge on any atom is -0.353 e. The van der Waals surface area contributed by atoms with Crippen LogP contribution < -0.4 is 5.32 Å². The summed E-state index contributed by atoms with van der Waals surface area (Å²) in [5.74, 6) is 0.926. The number of hydrogen-bond donors (Lipinski definition) is 1. The predicted octanol–water partition coefficient (Wildman–Crippen LogP) is 4.25. The van der Waals surface area contributed by atoms with Crippen LogP contribution in [-0.4, -0.2) is 15.6 Å². The van der Waals surface area contributed by atoms with E-state index in [9.17, 15) is 0 Å². The molecule has 19 heavy (non-hydrogen) atoms. The summed E-state index contributed by atoms with van der Waals surface area (Å²) in [7, 11) is 0. The van der Waals surface area contributed by atoms with Crippen LogP contribution in [0.3, 0.4) is 0 Å². The molecule has 0 spiro atoms. The minimum atomic E-state index is 0.455. The fourth-order valence-electron chi connectivity index (χ4n) is 2.20. The third-order valence-corrected chi connectivity index (χ3v) is 3.29. The van der Waals surface area contributed by atoms with Crippen molar-refractivity contribution in [1.29, 1.82) is 0 Å². The lowest BCUT2D eigenvalue weighted by molar-refractivity contribution is 0.611. The first-order chi connectivity index (χ1) is 9.31. The molecule has 1 N–H and O–H groups in total. The van der Waals surface area contributed by atoms with Gasteiger partial charge in [-0.15, -0.1) is 0 Å². The van der Waals surface area contributed by atoms with Gasteiger partial charge in [0.15, 0.2) is 0 Å². The van der Waals surface area contributed by atoms with Crippen molar-refractivity contribution in [2.24, 2.45) is 0 Å². The molecule has 1 heterocycles. The molecule has 1 unspecified atom stereocenters. The molecule has 2 aromatic rings. The largest absolute Gasteiger partial charge is 0.353 e. The predicted molar refractivity (Wildman–Crippen MR) is 80.8 cm³/mol. The number of hydrogen-bond acceptors (Lipinski definition) is 2. The summed E-state index contributed by atoms with van der Waals surface area (Å²) in [6.07, 6.45) is 8.88. The van der Waals surface area contributed by atoms with Gasteiger partial charge in [0, 0.05) is 24.1 Å². The molecule has 3 heteroatoms. The van der Waals surface area contributed by atoms with E-state index in [0.717, 1.165) is 11.6 Å². The third kappa shape index (κ3) is 3.85. The van der Waals surface area contributed by atoms with Crippen LogP contribution in [-0.2, 0) is 0 Å². The maximum atomic E-state index is 4.41. The summed E-state index contributed by atoms with van der Waals surface area (Å²) in [6, 6.07) is 10.8. The van der Waals surface area contributed by atoms with Crippen molar-refractivity contribution >= 4 is 5.95 Å². The second-order valence-electron chi connectivity index (χ2n) is 5.00. The number of nitrogens with one attached hydrogen (secondary N) is 1. The van der Waals surface area contributed by atoms with Crippen molar-refractivity contribution in [3.8, 4) is 5.69 Å². The van der Waals surface area contributed by atoms with E-state index in [1.807, 2.05) is 30.6 Å². The van der Waals surface area contributed by atoms with Crippen molar-refractivity contribution in [3.05, 3.63) is 42.7 Å². The van der Waals surface area contributed by atoms with Gasteiger partial charge in [0.05, 0.1) is 0 Å². The summed E-state index contributed by atoms with van der Waals surface area (Å²) in [4.78, 5) is 4.41. The summed E-state index contributed by atoms with van der Waals surface area (Å²) >= 11 is 0. The molecule has 3 nitrogen and oxygen atoms in total. The molecule has 0 saturated carbocycles. The fourth-order valence-corrected chi connectivity index (χ4v) is 2.20. The lowest BCUT2D eigenvalue weighted by atomic mass is 10.1. The molecule has 0 bridgehead atoms. The van der Waals surface area contributed by atoms with Gasteiger partial charge in [0.25, 0.3) is 0 Å². The Bertz CT molecular complexity index is 476. The molecule has 1 atom stereocenters. The van der Waals surface area contributed by atoms with Gasteiger partial charge in [-0.1, -0.05) is 44.4 Å². The molecular weight excluding hydrogens is 234 g/mol. The topological polar surface area (TPSA) is 29.9 Å². The summed E-state index contributed by atoms with van der Waals surface area (Å²) in [5.41, 5.74) is 1.14. The van der Waals surface area contributed by atoms with Gasteiger partial charge in [-0.05, 0) is 25.5 Å². The molecule has 1 aromatic heterocycles. The number of imidazole rings is 1. The van der Waals surface area contributed by atoms with E-state index in [0.29, 0.717) is 6.04 Å². The monoisotopic (exact) mass is 257 g/mol. The highest BCUT2D eigenvalue weighted by Gasteiger charge is 2.07. The Labute approximate surface area is 115 Å². The second-order valence-corrected chi connectivity index (χ2v) is 5.00. The molecule has 0 fully saturated rings. The average Bonchev–Trinajstić information content (AvgIpc) is 2.88. The maximum absolute atomic E-state index is 4.41. The molecule has 102 valence electrons. The van der Waals surface area contributed by atoms with Gasteiger partial charge in [0.1, 0.15) is 0 Å². The number of para-hydroxylation sites is 1. The number of rotatable bonds is 7. The maximum Gasteiger partial charge on any atom is 0.207 e. The van der Waals surface area contributed by atoms with E-state index >= 15 is 0 Å². The highest BCUT2D eigenvalue weighted by Crippen LogP contribution is 2.16. The average molecular weight is 257 g/mol. The van der Waals surface area contributed by atoms with Gasteiger partial charge in [-0.2, -0.15) is 0 Å². The van der Waals surface area contributed by atoms with Crippen LogP contribution in [0.15, 0.2) is 42.7 Å². The van der Waals surface area contributed by atoms with E-state index in [1.54, 1.807) is 0 Å². The first-order valence-electron chi connectivity index (χ1n) is 7.16. The van der Waals surface area contributed by atoms with E-state index in [4.69, 9.17) is 0 Å². The third-order valence-electron chi connectivity index (χ3n) is 3.29. The Morgan fingerprint density at radius 2 is 2.00 bits per heavy atom. The van der Waals surface area contributed by atoms with Crippen LogP contribution in [0, 0.1) is 0 Å². The quantitative estimate of drug-likeness (QED) is 0.751. The van der Waals surface area contributed by atoms with E-state index in [-0.39, 0.29) is 0 Å². The molecule has 0 amide bonds. The summed E-state index contributed by atoms with van der Waals surface area (Å²) < 4.78 is 2.09. The first-order valence-corrected chi connectivity index (χ1v) is 7.16. The van der Waals surface area contributed by atoms with Gasteiger partial charge in [-0.3, -0.25) is 4.57 Å². The number of benzene rings is 1. The zero-order valence-electron chi connectivity index (χ0n) is 11.8. The highest BCUT2D eigenvalue weighted by molar-refractivity contribution is 5.41. The van der Waals surface area contributed by atoms with Crippen molar-refractivity contribution in [1.82, 2.24) is 9.55 Å². The van der Waals surface area contributed by atoms with Gasteiger partial charge in [-0.25, -0.2) is 4.98 Å². The number of aromatic nitrogens is 2. The molecular formula is C16H23N3. The van der Waals surface area contributed by atoms with Crippen LogP contribution in [0.4, 0.5) is 5.95 Å². The van der Waals surface area contributed by atoms with Crippen LogP contribution >= 0.6 is 0 Å². The molecule has 0 aliphatic carbocycles. The second kappa shape index (κ2) is 6.98. The normalized spacial score (nSPS) is 12.3. The molecule has 0 aliphatic rings. The highest BCUT2D eigenvalue weighted by atomic mass is 15.2. The van der Waals surface area contributed by atoms with Crippen LogP contribution in [0.1, 0.15) is 39.5 Å². The Kier molecular flexibility index (Phi) is 5.01. The van der Waals surface area contributed by atoms with Crippen molar-refractivity contribution in [2.75, 3.05) is 5.32 Å². The lowest BCUT2D eigenvalue weighted by Gasteiger charge is -2.15. The molecule has 0 aliphatic heterocycles. The zero-order chi connectivity index (χ0) is 13.5. The number of nitrogens with zero attached hydrogens (tertiary/aromatic N) is 2. The molecule has 2 rings (SSSR count). The summed E-state index contributed by atoms with van der Waals surface area (Å²) in [5, 5.41) is 3.50. The van der Waals surface area contributed by atoms with Gasteiger partial charge in [0.2, 0.25) is 5.95 Å². The lowest BCUT2D eigenvalue weighted by Crippen LogP contribution is -2.17. The Balaban J connectivity index is 2.00. The van der Waals surface area contributed by atoms with E-state index in [2.05, 4.69) is 40.8 Å². The SMILES string of the molecule is CCCCCC(C)Nc1nccn1-c1ccccc1. The van der Waals surface area contributed by atoms with Crippen LogP contribution in [0.5, 0.6) is 0 Å². The molecule has 1 aromatic carbocycles. The van der Waals surface area contributed by atoms with Gasteiger partial charge >= 0.3 is 0 Å². The van der Waals surface area contributed by atoms with Gasteiger partial charge < -0.3 is 5.32 Å².